The van der Waals surface area contributed by atoms with Gasteiger partial charge in [0.2, 0.25) is 0 Å². The summed E-state index contributed by atoms with van der Waals surface area (Å²) in [6, 6.07) is 11.1. The molecule has 0 aromatic heterocycles. The Kier molecular flexibility index (Phi) is 5.51. The number of anilines is 2. The molecular weight excluding hydrogens is 351 g/mol. The zero-order valence-corrected chi connectivity index (χ0v) is 16.0. The molecule has 0 bridgehead atoms. The predicted molar refractivity (Wildman–Crippen MR) is 104 cm³/mol. The summed E-state index contributed by atoms with van der Waals surface area (Å²) in [6.07, 6.45) is 3.28. The van der Waals surface area contributed by atoms with Crippen LogP contribution in [0.2, 0.25) is 0 Å². The zero-order chi connectivity index (χ0) is 18.7. The van der Waals surface area contributed by atoms with Crippen molar-refractivity contribution in [2.24, 2.45) is 0 Å². The Labute approximate surface area is 155 Å². The van der Waals surface area contributed by atoms with Gasteiger partial charge in [-0.3, -0.25) is 4.72 Å². The first-order valence-corrected chi connectivity index (χ1v) is 10.5. The maximum atomic E-state index is 13.8. The van der Waals surface area contributed by atoms with E-state index in [0.29, 0.717) is 11.6 Å². The van der Waals surface area contributed by atoms with Crippen LogP contribution in [0.15, 0.2) is 47.4 Å². The molecule has 0 aliphatic carbocycles. The molecule has 4 nitrogen and oxygen atoms in total. The quantitative estimate of drug-likeness (QED) is 0.820. The zero-order valence-electron chi connectivity index (χ0n) is 15.2. The number of benzene rings is 2. The summed E-state index contributed by atoms with van der Waals surface area (Å²) in [7, 11) is -3.78. The van der Waals surface area contributed by atoms with E-state index in [-0.39, 0.29) is 4.90 Å². The molecule has 2 aromatic carbocycles. The second-order valence-corrected chi connectivity index (χ2v) is 8.72. The van der Waals surface area contributed by atoms with Gasteiger partial charge in [-0.1, -0.05) is 26.0 Å². The molecule has 0 unspecified atom stereocenters. The largest absolute Gasteiger partial charge is 0.370 e. The maximum Gasteiger partial charge on any atom is 0.261 e. The van der Waals surface area contributed by atoms with Crippen LogP contribution in [0.5, 0.6) is 0 Å². The van der Waals surface area contributed by atoms with Gasteiger partial charge in [-0.25, -0.2) is 12.8 Å². The third-order valence-corrected chi connectivity index (χ3v) is 6.14. The molecule has 1 heterocycles. The van der Waals surface area contributed by atoms with Gasteiger partial charge in [0.1, 0.15) is 5.82 Å². The van der Waals surface area contributed by atoms with Crippen molar-refractivity contribution in [3.8, 4) is 0 Å². The lowest BCUT2D eigenvalue weighted by Crippen LogP contribution is -2.30. The molecule has 1 saturated heterocycles. The summed E-state index contributed by atoms with van der Waals surface area (Å²) in [6.45, 7) is 5.81. The molecule has 26 heavy (non-hydrogen) atoms. The Bertz CT molecular complexity index is 858. The molecule has 1 aliphatic heterocycles. The summed E-state index contributed by atoms with van der Waals surface area (Å²) in [4.78, 5) is 2.29. The van der Waals surface area contributed by atoms with Crippen LogP contribution in [-0.4, -0.2) is 21.5 Å². The first-order chi connectivity index (χ1) is 12.4. The summed E-state index contributed by atoms with van der Waals surface area (Å²) in [5.41, 5.74) is 2.09. The van der Waals surface area contributed by atoms with Crippen LogP contribution in [0.25, 0.3) is 0 Å². The van der Waals surface area contributed by atoms with Crippen LogP contribution >= 0.6 is 0 Å². The van der Waals surface area contributed by atoms with E-state index in [1.807, 2.05) is 12.1 Å². The van der Waals surface area contributed by atoms with E-state index in [4.69, 9.17) is 0 Å². The lowest BCUT2D eigenvalue weighted by Gasteiger charge is -2.30. The fourth-order valence-corrected chi connectivity index (χ4v) is 4.30. The number of nitrogens with one attached hydrogen (secondary N) is 1. The van der Waals surface area contributed by atoms with E-state index in [2.05, 4.69) is 23.5 Å². The minimum atomic E-state index is -3.78. The maximum absolute atomic E-state index is 13.8. The molecule has 0 atom stereocenters. The van der Waals surface area contributed by atoms with Crippen LogP contribution in [0.1, 0.15) is 44.6 Å². The Balaban J connectivity index is 1.90. The van der Waals surface area contributed by atoms with Gasteiger partial charge in [-0.15, -0.1) is 0 Å². The van der Waals surface area contributed by atoms with E-state index < -0.39 is 15.8 Å². The lowest BCUT2D eigenvalue weighted by atomic mass is 10.0. The molecule has 2 aromatic rings. The highest BCUT2D eigenvalue weighted by atomic mass is 32.2. The summed E-state index contributed by atoms with van der Waals surface area (Å²) in [5.74, 6) is -0.132. The van der Waals surface area contributed by atoms with E-state index in [9.17, 15) is 12.8 Å². The molecular formula is C20H25FN2O2S. The van der Waals surface area contributed by atoms with Gasteiger partial charge < -0.3 is 4.90 Å². The fourth-order valence-electron chi connectivity index (χ4n) is 3.24. The monoisotopic (exact) mass is 376 g/mol. The van der Waals surface area contributed by atoms with Gasteiger partial charge in [-0.2, -0.15) is 0 Å². The number of nitrogens with zero attached hydrogens (tertiary/aromatic N) is 1. The van der Waals surface area contributed by atoms with Crippen LogP contribution in [-0.2, 0) is 10.0 Å². The van der Waals surface area contributed by atoms with E-state index in [1.54, 1.807) is 18.2 Å². The standard InChI is InChI=1S/C20H25FN2O2S/c1-15(2)16-6-9-18(10-7-16)26(24,25)22-19-14-17(21)8-11-20(19)23-12-4-3-5-13-23/h6-11,14-15,22H,3-5,12-13H2,1-2H3. The molecule has 0 radical (unpaired) electrons. The Morgan fingerprint density at radius 1 is 1.00 bits per heavy atom. The first kappa shape index (κ1) is 18.7. The van der Waals surface area contributed by atoms with Crippen molar-refractivity contribution >= 4 is 21.4 Å². The third kappa shape index (κ3) is 4.18. The van der Waals surface area contributed by atoms with Gasteiger partial charge in [0.05, 0.1) is 16.3 Å². The number of hydrogen-bond donors (Lipinski definition) is 1. The van der Waals surface area contributed by atoms with Crippen molar-refractivity contribution in [2.75, 3.05) is 22.7 Å². The molecule has 0 saturated carbocycles. The fraction of sp³-hybridized carbons (Fsp3) is 0.400. The van der Waals surface area contributed by atoms with Crippen molar-refractivity contribution < 1.29 is 12.8 Å². The smallest absolute Gasteiger partial charge is 0.261 e. The Morgan fingerprint density at radius 2 is 1.65 bits per heavy atom. The molecule has 1 fully saturated rings. The lowest BCUT2D eigenvalue weighted by molar-refractivity contribution is 0.577. The van der Waals surface area contributed by atoms with Crippen molar-refractivity contribution in [3.05, 3.63) is 53.8 Å². The van der Waals surface area contributed by atoms with Gasteiger partial charge in [0, 0.05) is 19.2 Å². The highest BCUT2D eigenvalue weighted by Gasteiger charge is 2.20. The van der Waals surface area contributed by atoms with E-state index in [1.165, 1.54) is 18.6 Å². The molecule has 1 aliphatic rings. The van der Waals surface area contributed by atoms with Crippen LogP contribution in [0.4, 0.5) is 15.8 Å². The average molecular weight is 376 g/mol. The molecule has 3 rings (SSSR count). The predicted octanol–water partition coefficient (Wildman–Crippen LogP) is 4.74. The van der Waals surface area contributed by atoms with Gasteiger partial charge in [-0.05, 0) is 55.0 Å². The number of piperidine rings is 1. The Morgan fingerprint density at radius 3 is 2.27 bits per heavy atom. The van der Waals surface area contributed by atoms with Crippen LogP contribution in [0.3, 0.4) is 0 Å². The minimum Gasteiger partial charge on any atom is -0.370 e. The van der Waals surface area contributed by atoms with Gasteiger partial charge in [0.25, 0.3) is 10.0 Å². The third-order valence-electron chi connectivity index (χ3n) is 4.76. The second-order valence-electron chi connectivity index (χ2n) is 7.04. The summed E-state index contributed by atoms with van der Waals surface area (Å²) >= 11 is 0. The number of halogens is 1. The molecule has 0 amide bonds. The number of hydrogen-bond acceptors (Lipinski definition) is 3. The first-order valence-electron chi connectivity index (χ1n) is 9.04. The average Bonchev–Trinajstić information content (AvgIpc) is 2.62. The normalized spacial score (nSPS) is 15.3. The van der Waals surface area contributed by atoms with Crippen molar-refractivity contribution in [3.63, 3.8) is 0 Å². The number of rotatable bonds is 5. The van der Waals surface area contributed by atoms with Crippen molar-refractivity contribution in [1.82, 2.24) is 0 Å². The molecule has 140 valence electrons. The number of sulfonamides is 1. The van der Waals surface area contributed by atoms with Crippen molar-refractivity contribution in [1.29, 1.82) is 0 Å². The van der Waals surface area contributed by atoms with Gasteiger partial charge in [0.15, 0.2) is 0 Å². The molecule has 1 N–H and O–H groups in total. The highest BCUT2D eigenvalue weighted by molar-refractivity contribution is 7.92. The topological polar surface area (TPSA) is 49.4 Å². The molecule has 0 spiro atoms. The molecule has 6 heteroatoms. The van der Waals surface area contributed by atoms with Crippen molar-refractivity contribution in [2.45, 2.75) is 43.9 Å². The summed E-state index contributed by atoms with van der Waals surface area (Å²) in [5, 5.41) is 0. The van der Waals surface area contributed by atoms with Gasteiger partial charge >= 0.3 is 0 Å². The summed E-state index contributed by atoms with van der Waals surface area (Å²) < 4.78 is 41.9. The van der Waals surface area contributed by atoms with E-state index >= 15 is 0 Å². The van der Waals surface area contributed by atoms with Crippen LogP contribution < -0.4 is 9.62 Å². The SMILES string of the molecule is CC(C)c1ccc(S(=O)(=O)Nc2cc(F)ccc2N2CCCCC2)cc1. The van der Waals surface area contributed by atoms with E-state index in [0.717, 1.165) is 37.2 Å². The van der Waals surface area contributed by atoms with Crippen LogP contribution in [0, 0.1) is 5.82 Å². The second kappa shape index (κ2) is 7.66. The Hall–Kier alpha value is -2.08. The minimum absolute atomic E-state index is 0.177. The highest BCUT2D eigenvalue weighted by Crippen LogP contribution is 2.31.